The van der Waals surface area contributed by atoms with Gasteiger partial charge in [0.15, 0.2) is 0 Å². The van der Waals surface area contributed by atoms with Crippen LogP contribution in [0.15, 0.2) is 53.3 Å². The van der Waals surface area contributed by atoms with Crippen molar-refractivity contribution in [1.82, 2.24) is 15.1 Å². The topological polar surface area (TPSA) is 82.9 Å². The maximum Gasteiger partial charge on any atom is 0.257 e. The van der Waals surface area contributed by atoms with E-state index < -0.39 is 0 Å². The maximum absolute atomic E-state index is 13.0. The minimum atomic E-state index is -0.230. The van der Waals surface area contributed by atoms with Gasteiger partial charge < -0.3 is 19.5 Å². The number of nitrogens with one attached hydrogen (secondary N) is 1. The van der Waals surface area contributed by atoms with Crippen molar-refractivity contribution < 1.29 is 18.8 Å². The van der Waals surface area contributed by atoms with Crippen LogP contribution >= 0.6 is 0 Å². The second kappa shape index (κ2) is 9.15. The van der Waals surface area contributed by atoms with E-state index in [4.69, 9.17) is 4.42 Å². The second-order valence-electron chi connectivity index (χ2n) is 7.99. The van der Waals surface area contributed by atoms with Crippen molar-refractivity contribution in [2.75, 3.05) is 26.2 Å². The van der Waals surface area contributed by atoms with Gasteiger partial charge in [0.2, 0.25) is 11.8 Å². The number of hydrogen-bond acceptors (Lipinski definition) is 4. The van der Waals surface area contributed by atoms with Crippen LogP contribution in [0.5, 0.6) is 0 Å². The zero-order valence-corrected chi connectivity index (χ0v) is 17.0. The van der Waals surface area contributed by atoms with E-state index >= 15 is 0 Å². The lowest BCUT2D eigenvalue weighted by Gasteiger charge is -2.32. The molecule has 0 spiro atoms. The van der Waals surface area contributed by atoms with E-state index in [0.29, 0.717) is 44.5 Å². The van der Waals surface area contributed by atoms with Crippen molar-refractivity contribution in [3.05, 3.63) is 60.1 Å². The molecule has 1 aromatic carbocycles. The monoisotopic (exact) mass is 409 g/mol. The average molecular weight is 409 g/mol. The fraction of sp³-hybridized carbons (Fsp3) is 0.435. The van der Waals surface area contributed by atoms with Gasteiger partial charge in [0.05, 0.1) is 17.9 Å². The first-order valence-corrected chi connectivity index (χ1v) is 10.6. The van der Waals surface area contributed by atoms with E-state index in [-0.39, 0.29) is 29.7 Å². The summed E-state index contributed by atoms with van der Waals surface area (Å²) in [6.45, 7) is 2.32. The van der Waals surface area contributed by atoms with Gasteiger partial charge in [-0.15, -0.1) is 0 Å². The van der Waals surface area contributed by atoms with Gasteiger partial charge in [0, 0.05) is 38.5 Å². The molecule has 1 N–H and O–H groups in total. The van der Waals surface area contributed by atoms with Gasteiger partial charge in [-0.1, -0.05) is 30.3 Å². The molecular formula is C23H27N3O4. The van der Waals surface area contributed by atoms with Crippen LogP contribution in [0.1, 0.15) is 47.6 Å². The van der Waals surface area contributed by atoms with E-state index in [2.05, 4.69) is 5.32 Å². The molecule has 1 atom stereocenters. The smallest absolute Gasteiger partial charge is 0.257 e. The Morgan fingerprint density at radius 1 is 1.10 bits per heavy atom. The first-order chi connectivity index (χ1) is 14.6. The lowest BCUT2D eigenvalue weighted by atomic mass is 9.94. The highest BCUT2D eigenvalue weighted by atomic mass is 16.3. The third kappa shape index (κ3) is 4.56. The molecule has 2 aliphatic heterocycles. The van der Waals surface area contributed by atoms with E-state index in [0.717, 1.165) is 18.5 Å². The standard InChI is InChI=1S/C23H27N3O4/c27-21-7-4-11-26(21)15-20(17-5-2-1-3-6-17)24-22(28)18-8-12-25(13-9-18)23(29)19-10-14-30-16-19/h1-3,5-6,10,14,16,18,20H,4,7-9,11-13,15H2,(H,24,28). The summed E-state index contributed by atoms with van der Waals surface area (Å²) in [7, 11) is 0. The second-order valence-corrected chi connectivity index (χ2v) is 7.99. The van der Waals surface area contributed by atoms with Gasteiger partial charge in [0.1, 0.15) is 6.26 Å². The summed E-state index contributed by atoms with van der Waals surface area (Å²) in [5.41, 5.74) is 1.54. The highest BCUT2D eigenvalue weighted by Gasteiger charge is 2.31. The Morgan fingerprint density at radius 2 is 1.87 bits per heavy atom. The summed E-state index contributed by atoms with van der Waals surface area (Å²) in [4.78, 5) is 41.2. The molecule has 0 radical (unpaired) electrons. The molecule has 4 rings (SSSR count). The molecule has 7 heteroatoms. The van der Waals surface area contributed by atoms with Crippen LogP contribution in [-0.4, -0.2) is 53.7 Å². The lowest BCUT2D eigenvalue weighted by molar-refractivity contribution is -0.130. The molecule has 30 heavy (non-hydrogen) atoms. The van der Waals surface area contributed by atoms with Crippen molar-refractivity contribution in [3.63, 3.8) is 0 Å². The Hall–Kier alpha value is -3.09. The zero-order valence-electron chi connectivity index (χ0n) is 17.0. The molecule has 2 fully saturated rings. The van der Waals surface area contributed by atoms with E-state index in [1.807, 2.05) is 35.2 Å². The van der Waals surface area contributed by atoms with Gasteiger partial charge in [-0.25, -0.2) is 0 Å². The number of nitrogens with zero attached hydrogens (tertiary/aromatic N) is 2. The summed E-state index contributed by atoms with van der Waals surface area (Å²) in [6.07, 6.45) is 5.64. The number of furan rings is 1. The van der Waals surface area contributed by atoms with Gasteiger partial charge in [0.25, 0.3) is 5.91 Å². The normalized spacial score (nSPS) is 18.5. The van der Waals surface area contributed by atoms with Gasteiger partial charge >= 0.3 is 0 Å². The molecule has 2 saturated heterocycles. The minimum Gasteiger partial charge on any atom is -0.472 e. The van der Waals surface area contributed by atoms with Crippen LogP contribution in [0, 0.1) is 5.92 Å². The fourth-order valence-corrected chi connectivity index (χ4v) is 4.24. The molecule has 158 valence electrons. The van der Waals surface area contributed by atoms with Crippen LogP contribution in [0.2, 0.25) is 0 Å². The summed E-state index contributed by atoms with van der Waals surface area (Å²) < 4.78 is 4.99. The van der Waals surface area contributed by atoms with Crippen LogP contribution in [-0.2, 0) is 9.59 Å². The Labute approximate surface area is 176 Å². The molecular weight excluding hydrogens is 382 g/mol. The van der Waals surface area contributed by atoms with E-state index in [1.54, 1.807) is 11.0 Å². The molecule has 7 nitrogen and oxygen atoms in total. The average Bonchev–Trinajstić information content (AvgIpc) is 3.46. The van der Waals surface area contributed by atoms with Crippen LogP contribution in [0.25, 0.3) is 0 Å². The van der Waals surface area contributed by atoms with Crippen molar-refractivity contribution in [2.45, 2.75) is 31.7 Å². The Morgan fingerprint density at radius 3 is 2.50 bits per heavy atom. The number of benzene rings is 1. The fourth-order valence-electron chi connectivity index (χ4n) is 4.24. The lowest BCUT2D eigenvalue weighted by Crippen LogP contribution is -2.45. The first-order valence-electron chi connectivity index (χ1n) is 10.6. The van der Waals surface area contributed by atoms with Crippen LogP contribution < -0.4 is 5.32 Å². The third-order valence-electron chi connectivity index (χ3n) is 6.01. The van der Waals surface area contributed by atoms with Crippen molar-refractivity contribution in [1.29, 1.82) is 0 Å². The maximum atomic E-state index is 13.0. The van der Waals surface area contributed by atoms with Crippen molar-refractivity contribution in [3.8, 4) is 0 Å². The molecule has 0 saturated carbocycles. The highest BCUT2D eigenvalue weighted by Crippen LogP contribution is 2.23. The number of hydrogen-bond donors (Lipinski definition) is 1. The van der Waals surface area contributed by atoms with Crippen LogP contribution in [0.4, 0.5) is 0 Å². The molecule has 2 aromatic rings. The number of carbonyl (C=O) groups excluding carboxylic acids is 3. The summed E-state index contributed by atoms with van der Waals surface area (Å²) in [5, 5.41) is 3.17. The quantitative estimate of drug-likeness (QED) is 0.795. The van der Waals surface area contributed by atoms with E-state index in [9.17, 15) is 14.4 Å². The molecule has 1 aromatic heterocycles. The van der Waals surface area contributed by atoms with Crippen LogP contribution in [0.3, 0.4) is 0 Å². The predicted octanol–water partition coefficient (Wildman–Crippen LogP) is 2.61. The number of amides is 3. The summed E-state index contributed by atoms with van der Waals surface area (Å²) >= 11 is 0. The highest BCUT2D eigenvalue weighted by molar-refractivity contribution is 5.94. The van der Waals surface area contributed by atoms with E-state index in [1.165, 1.54) is 12.5 Å². The minimum absolute atomic E-state index is 0.00842. The van der Waals surface area contributed by atoms with Gasteiger partial charge in [-0.05, 0) is 30.9 Å². The Balaban J connectivity index is 1.37. The molecule has 0 bridgehead atoms. The molecule has 3 amide bonds. The number of carbonyl (C=O) groups is 3. The third-order valence-corrected chi connectivity index (χ3v) is 6.01. The molecule has 3 heterocycles. The van der Waals surface area contributed by atoms with Gasteiger partial charge in [-0.2, -0.15) is 0 Å². The zero-order chi connectivity index (χ0) is 20.9. The van der Waals surface area contributed by atoms with Crippen molar-refractivity contribution >= 4 is 17.7 Å². The number of likely N-dealkylation sites (tertiary alicyclic amines) is 2. The Bertz CT molecular complexity index is 873. The Kier molecular flexibility index (Phi) is 6.16. The SMILES string of the molecule is O=C(NC(CN1CCCC1=O)c1ccccc1)C1CCN(C(=O)c2ccoc2)CC1. The molecule has 1 unspecified atom stereocenters. The number of rotatable bonds is 6. The molecule has 2 aliphatic rings. The predicted molar refractivity (Wildman–Crippen MR) is 110 cm³/mol. The summed E-state index contributed by atoms with van der Waals surface area (Å²) in [5.74, 6) is -0.0571. The summed E-state index contributed by atoms with van der Waals surface area (Å²) in [6, 6.07) is 11.2. The first kappa shape index (κ1) is 20.2. The molecule has 0 aliphatic carbocycles. The van der Waals surface area contributed by atoms with Gasteiger partial charge in [-0.3, -0.25) is 14.4 Å². The van der Waals surface area contributed by atoms with Crippen molar-refractivity contribution in [2.24, 2.45) is 5.92 Å². The largest absolute Gasteiger partial charge is 0.472 e. The number of piperidine rings is 1.